The number of aromatic nitrogens is 4. The number of hydrogen-bond acceptors (Lipinski definition) is 3. The summed E-state index contributed by atoms with van der Waals surface area (Å²) in [5.41, 5.74) is 6.21. The van der Waals surface area contributed by atoms with Gasteiger partial charge in [-0.2, -0.15) is 0 Å². The van der Waals surface area contributed by atoms with Gasteiger partial charge in [-0.1, -0.05) is 30.3 Å². The molecule has 7 heteroatoms. The molecule has 0 spiro atoms. The molecule has 0 radical (unpaired) electrons. The molecule has 5 aromatic rings. The van der Waals surface area contributed by atoms with Gasteiger partial charge in [-0.05, 0) is 59.0 Å². The van der Waals surface area contributed by atoms with Crippen LogP contribution in [0.3, 0.4) is 0 Å². The van der Waals surface area contributed by atoms with Crippen molar-refractivity contribution < 1.29 is 9.90 Å². The second kappa shape index (κ2) is 7.23. The first-order valence-corrected chi connectivity index (χ1v) is 10.7. The fourth-order valence-corrected chi connectivity index (χ4v) is 4.64. The highest BCUT2D eigenvalue weighted by Crippen LogP contribution is 2.33. The van der Waals surface area contributed by atoms with Crippen LogP contribution in [0.25, 0.3) is 44.2 Å². The number of fused-ring (bicyclic) bond motifs is 2. The van der Waals surface area contributed by atoms with Crippen LogP contribution in [0.2, 0.25) is 0 Å². The summed E-state index contributed by atoms with van der Waals surface area (Å²) in [5, 5.41) is 11.7. The van der Waals surface area contributed by atoms with Crippen molar-refractivity contribution in [3.05, 3.63) is 72.9 Å². The van der Waals surface area contributed by atoms with E-state index in [9.17, 15) is 9.90 Å². The number of nitrogens with one attached hydrogen (secondary N) is 2. The molecule has 32 heavy (non-hydrogen) atoms. The summed E-state index contributed by atoms with van der Waals surface area (Å²) in [6.45, 7) is 0.557. The number of imidazole rings is 2. The number of amides is 1. The zero-order valence-electron chi connectivity index (χ0n) is 17.2. The fraction of sp³-hybridized carbons (Fsp3) is 0.160. The van der Waals surface area contributed by atoms with Gasteiger partial charge in [0.15, 0.2) is 0 Å². The number of rotatable bonds is 3. The first-order valence-electron chi connectivity index (χ1n) is 10.7. The minimum atomic E-state index is -0.890. The molecule has 1 saturated heterocycles. The lowest BCUT2D eigenvalue weighted by molar-refractivity contribution is 0.139. The lowest BCUT2D eigenvalue weighted by Gasteiger charge is -2.19. The third kappa shape index (κ3) is 3.10. The van der Waals surface area contributed by atoms with Crippen molar-refractivity contribution in [2.45, 2.75) is 18.9 Å². The van der Waals surface area contributed by atoms with Gasteiger partial charge in [0.1, 0.15) is 5.82 Å². The summed E-state index contributed by atoms with van der Waals surface area (Å²) in [5.74, 6) is 0.713. The van der Waals surface area contributed by atoms with E-state index in [-0.39, 0.29) is 6.04 Å². The normalized spacial score (nSPS) is 16.2. The van der Waals surface area contributed by atoms with Crippen molar-refractivity contribution in [2.24, 2.45) is 0 Å². The fourth-order valence-electron chi connectivity index (χ4n) is 4.64. The highest BCUT2D eigenvalue weighted by atomic mass is 16.4. The Morgan fingerprint density at radius 2 is 1.72 bits per heavy atom. The molecule has 1 atom stereocenters. The van der Waals surface area contributed by atoms with Gasteiger partial charge in [0.05, 0.1) is 35.3 Å². The molecule has 2 aromatic heterocycles. The molecule has 0 aliphatic carbocycles. The van der Waals surface area contributed by atoms with Crippen molar-refractivity contribution in [1.29, 1.82) is 0 Å². The van der Waals surface area contributed by atoms with Gasteiger partial charge in [-0.3, -0.25) is 4.90 Å². The van der Waals surface area contributed by atoms with E-state index in [1.165, 1.54) is 4.90 Å². The first-order chi connectivity index (χ1) is 15.7. The number of carboxylic acid groups (broad SMARTS) is 1. The Bertz CT molecular complexity index is 1470. The third-order valence-corrected chi connectivity index (χ3v) is 6.31. The van der Waals surface area contributed by atoms with E-state index in [2.05, 4.69) is 68.5 Å². The number of hydrogen-bond donors (Lipinski definition) is 3. The van der Waals surface area contributed by atoms with Gasteiger partial charge >= 0.3 is 6.09 Å². The summed E-state index contributed by atoms with van der Waals surface area (Å²) in [6.07, 6.45) is 4.27. The quantitative estimate of drug-likeness (QED) is 0.352. The molecule has 3 heterocycles. The minimum Gasteiger partial charge on any atom is -0.465 e. The molecule has 0 bridgehead atoms. The lowest BCUT2D eigenvalue weighted by atomic mass is 9.99. The van der Waals surface area contributed by atoms with E-state index >= 15 is 0 Å². The maximum atomic E-state index is 11.5. The van der Waals surface area contributed by atoms with Crippen LogP contribution in [0.4, 0.5) is 4.79 Å². The van der Waals surface area contributed by atoms with Gasteiger partial charge in [-0.25, -0.2) is 14.8 Å². The number of benzene rings is 3. The number of aromatic amines is 2. The number of H-pyrrole nitrogens is 2. The third-order valence-electron chi connectivity index (χ3n) is 6.31. The molecule has 3 aromatic carbocycles. The van der Waals surface area contributed by atoms with E-state index in [0.717, 1.165) is 57.0 Å². The van der Waals surface area contributed by atoms with Gasteiger partial charge in [-0.15, -0.1) is 0 Å². The van der Waals surface area contributed by atoms with Gasteiger partial charge < -0.3 is 15.1 Å². The second-order valence-corrected chi connectivity index (χ2v) is 8.23. The zero-order valence-corrected chi connectivity index (χ0v) is 17.2. The van der Waals surface area contributed by atoms with Crippen LogP contribution in [0.1, 0.15) is 24.7 Å². The standard InChI is InChI=1S/C25H21N5O2/c31-25(32)30-9-1-2-23(30)24-26-13-22(29-24)19-6-5-15-10-16(3-4-17(15)11-19)18-7-8-20-21(12-18)28-14-27-20/h3-8,10-14,23H,1-2,9H2,(H,26,29)(H,27,28)(H,31,32). The summed E-state index contributed by atoms with van der Waals surface area (Å²) >= 11 is 0. The largest absolute Gasteiger partial charge is 0.465 e. The molecular weight excluding hydrogens is 402 g/mol. The summed E-state index contributed by atoms with van der Waals surface area (Å²) in [7, 11) is 0. The summed E-state index contributed by atoms with van der Waals surface area (Å²) in [6, 6.07) is 18.8. The van der Waals surface area contributed by atoms with Gasteiger partial charge in [0.25, 0.3) is 0 Å². The lowest BCUT2D eigenvalue weighted by Crippen LogP contribution is -2.29. The Morgan fingerprint density at radius 3 is 2.56 bits per heavy atom. The zero-order chi connectivity index (χ0) is 21.7. The van der Waals surface area contributed by atoms with Crippen molar-refractivity contribution in [1.82, 2.24) is 24.8 Å². The van der Waals surface area contributed by atoms with E-state index in [4.69, 9.17) is 0 Å². The minimum absolute atomic E-state index is 0.198. The number of nitrogens with zero attached hydrogens (tertiary/aromatic N) is 3. The van der Waals surface area contributed by atoms with Crippen LogP contribution in [-0.4, -0.2) is 42.6 Å². The topological polar surface area (TPSA) is 97.9 Å². The predicted molar refractivity (Wildman–Crippen MR) is 123 cm³/mol. The smallest absolute Gasteiger partial charge is 0.407 e. The molecule has 6 rings (SSSR count). The molecule has 158 valence electrons. The molecule has 7 nitrogen and oxygen atoms in total. The van der Waals surface area contributed by atoms with Crippen LogP contribution in [0.15, 0.2) is 67.1 Å². The average Bonchev–Trinajstić information content (AvgIpc) is 3.57. The van der Waals surface area contributed by atoms with Crippen molar-refractivity contribution in [3.63, 3.8) is 0 Å². The molecule has 1 fully saturated rings. The van der Waals surface area contributed by atoms with Crippen molar-refractivity contribution >= 4 is 27.9 Å². The molecule has 1 amide bonds. The monoisotopic (exact) mass is 423 g/mol. The Hall–Kier alpha value is -4.13. The Morgan fingerprint density at radius 1 is 0.969 bits per heavy atom. The molecule has 1 aliphatic heterocycles. The highest BCUT2D eigenvalue weighted by Gasteiger charge is 2.31. The van der Waals surface area contributed by atoms with E-state index < -0.39 is 6.09 Å². The van der Waals surface area contributed by atoms with E-state index in [1.54, 1.807) is 12.5 Å². The van der Waals surface area contributed by atoms with E-state index in [1.807, 2.05) is 6.07 Å². The molecular formula is C25H21N5O2. The van der Waals surface area contributed by atoms with Crippen LogP contribution in [0, 0.1) is 0 Å². The highest BCUT2D eigenvalue weighted by molar-refractivity contribution is 5.91. The first kappa shape index (κ1) is 18.6. The van der Waals surface area contributed by atoms with E-state index in [0.29, 0.717) is 12.4 Å². The second-order valence-electron chi connectivity index (χ2n) is 8.23. The van der Waals surface area contributed by atoms with Crippen molar-refractivity contribution in [2.75, 3.05) is 6.54 Å². The van der Waals surface area contributed by atoms with Crippen LogP contribution in [0.5, 0.6) is 0 Å². The number of carbonyl (C=O) groups is 1. The van der Waals surface area contributed by atoms with Crippen LogP contribution in [-0.2, 0) is 0 Å². The van der Waals surface area contributed by atoms with Gasteiger partial charge in [0, 0.05) is 12.1 Å². The maximum Gasteiger partial charge on any atom is 0.407 e. The molecule has 3 N–H and O–H groups in total. The maximum absolute atomic E-state index is 11.5. The Kier molecular flexibility index (Phi) is 4.21. The molecule has 1 unspecified atom stereocenters. The molecule has 1 aliphatic rings. The number of likely N-dealkylation sites (tertiary alicyclic amines) is 1. The van der Waals surface area contributed by atoms with Crippen LogP contribution < -0.4 is 0 Å². The van der Waals surface area contributed by atoms with Crippen molar-refractivity contribution in [3.8, 4) is 22.4 Å². The molecule has 0 saturated carbocycles. The predicted octanol–water partition coefficient (Wildman–Crippen LogP) is 5.59. The average molecular weight is 423 g/mol. The Balaban J connectivity index is 1.31. The van der Waals surface area contributed by atoms with Crippen LogP contribution >= 0.6 is 0 Å². The summed E-state index contributed by atoms with van der Waals surface area (Å²) < 4.78 is 0. The van der Waals surface area contributed by atoms with Gasteiger partial charge in [0.2, 0.25) is 0 Å². The summed E-state index contributed by atoms with van der Waals surface area (Å²) in [4.78, 5) is 28.2. The SMILES string of the molecule is O=C(O)N1CCCC1c1ncc(-c2ccc3cc(-c4ccc5nc[nH]c5c4)ccc3c2)[nH]1. The Labute approximate surface area is 183 Å².